The van der Waals surface area contributed by atoms with Gasteiger partial charge in [0.1, 0.15) is 6.61 Å². The minimum absolute atomic E-state index is 0.0404. The Morgan fingerprint density at radius 3 is 2.41 bits per heavy atom. The molecule has 1 aliphatic rings. The normalized spacial score (nSPS) is 16.2. The summed E-state index contributed by atoms with van der Waals surface area (Å²) >= 11 is 17.8. The Labute approximate surface area is 141 Å². The number of carbonyl (C=O) groups is 1. The van der Waals surface area contributed by atoms with Gasteiger partial charge in [-0.15, -0.1) is 0 Å². The van der Waals surface area contributed by atoms with Crippen LogP contribution in [-0.4, -0.2) is 18.7 Å². The maximum atomic E-state index is 12.2. The smallest absolute Gasteiger partial charge is 0.356 e. The van der Waals surface area contributed by atoms with Gasteiger partial charge in [0.05, 0.1) is 10.0 Å². The summed E-state index contributed by atoms with van der Waals surface area (Å²) in [5.41, 5.74) is 0. The number of hydrogen-bond acceptors (Lipinski definition) is 4. The topological polar surface area (TPSA) is 44.8 Å². The number of fused-ring (bicyclic) bond motifs is 1. The highest BCUT2D eigenvalue weighted by Crippen LogP contribution is 2.37. The molecule has 2 aromatic rings. The predicted molar refractivity (Wildman–Crippen MR) is 83.5 cm³/mol. The van der Waals surface area contributed by atoms with Crippen molar-refractivity contribution in [3.8, 4) is 17.2 Å². The number of rotatable bonds is 2. The average Bonchev–Trinajstić information content (AvgIpc) is 2.50. The molecule has 0 aliphatic carbocycles. The molecule has 1 aliphatic heterocycles. The van der Waals surface area contributed by atoms with Crippen LogP contribution in [-0.2, 0) is 4.79 Å². The molecule has 0 saturated heterocycles. The molecule has 0 unspecified atom stereocenters. The van der Waals surface area contributed by atoms with Crippen LogP contribution in [0.3, 0.4) is 0 Å². The molecule has 1 heterocycles. The second-order valence-electron chi connectivity index (χ2n) is 4.48. The van der Waals surface area contributed by atoms with E-state index in [0.29, 0.717) is 16.5 Å². The molecule has 0 aromatic heterocycles. The second kappa shape index (κ2) is 6.24. The van der Waals surface area contributed by atoms with Crippen molar-refractivity contribution in [2.45, 2.75) is 6.10 Å². The number of benzene rings is 2. The van der Waals surface area contributed by atoms with Crippen molar-refractivity contribution >= 4 is 40.8 Å². The van der Waals surface area contributed by atoms with Gasteiger partial charge in [0.2, 0.25) is 6.10 Å². The zero-order valence-corrected chi connectivity index (χ0v) is 13.3. The Hall–Kier alpha value is -1.62. The van der Waals surface area contributed by atoms with Crippen molar-refractivity contribution in [1.82, 2.24) is 0 Å². The lowest BCUT2D eigenvalue weighted by Crippen LogP contribution is -2.39. The maximum Gasteiger partial charge on any atom is 0.356 e. The Balaban J connectivity index is 1.77. The molecule has 22 heavy (non-hydrogen) atoms. The molecule has 0 N–H and O–H groups in total. The van der Waals surface area contributed by atoms with Crippen LogP contribution < -0.4 is 14.2 Å². The van der Waals surface area contributed by atoms with Gasteiger partial charge >= 0.3 is 5.97 Å². The summed E-state index contributed by atoms with van der Waals surface area (Å²) in [4.78, 5) is 12.2. The largest absolute Gasteiger partial charge is 0.485 e. The summed E-state index contributed by atoms with van der Waals surface area (Å²) in [5.74, 6) is 0.443. The van der Waals surface area contributed by atoms with Crippen LogP contribution in [0.2, 0.25) is 15.1 Å². The standard InChI is InChI=1S/C15H9Cl3O4/c16-8-5-9(17)14(10(18)6-8)22-15(19)13-7-20-11-3-1-2-4-12(11)21-13/h1-6,13H,7H2/t13-/m0/s1. The molecule has 0 spiro atoms. The molecule has 114 valence electrons. The summed E-state index contributed by atoms with van der Waals surface area (Å²) in [6, 6.07) is 9.92. The minimum Gasteiger partial charge on any atom is -0.485 e. The Kier molecular flexibility index (Phi) is 4.34. The summed E-state index contributed by atoms with van der Waals surface area (Å²) < 4.78 is 16.2. The minimum atomic E-state index is -0.905. The fourth-order valence-electron chi connectivity index (χ4n) is 1.93. The molecule has 0 saturated carbocycles. The first kappa shape index (κ1) is 15.3. The third-order valence-electron chi connectivity index (χ3n) is 2.94. The molecule has 1 atom stereocenters. The van der Waals surface area contributed by atoms with Gasteiger partial charge in [-0.3, -0.25) is 0 Å². The molecule has 2 aromatic carbocycles. The van der Waals surface area contributed by atoms with Crippen molar-refractivity contribution in [3.05, 3.63) is 51.5 Å². The molecule has 0 fully saturated rings. The third-order valence-corrected chi connectivity index (χ3v) is 3.72. The molecule has 0 radical (unpaired) electrons. The maximum absolute atomic E-state index is 12.2. The fraction of sp³-hybridized carbons (Fsp3) is 0.133. The van der Waals surface area contributed by atoms with Gasteiger partial charge in [-0.25, -0.2) is 4.79 Å². The van der Waals surface area contributed by atoms with Crippen LogP contribution in [0, 0.1) is 0 Å². The van der Waals surface area contributed by atoms with E-state index in [0.717, 1.165) is 0 Å². The quantitative estimate of drug-likeness (QED) is 0.589. The van der Waals surface area contributed by atoms with Crippen molar-refractivity contribution in [2.24, 2.45) is 0 Å². The summed E-state index contributed by atoms with van der Waals surface area (Å²) in [7, 11) is 0. The van der Waals surface area contributed by atoms with E-state index in [1.165, 1.54) is 12.1 Å². The van der Waals surface area contributed by atoms with Gasteiger partial charge in [-0.05, 0) is 24.3 Å². The molecule has 0 amide bonds. The number of halogens is 3. The van der Waals surface area contributed by atoms with Crippen LogP contribution in [0.25, 0.3) is 0 Å². The molecular weight excluding hydrogens is 351 g/mol. The number of carbonyl (C=O) groups excluding carboxylic acids is 1. The lowest BCUT2D eigenvalue weighted by Gasteiger charge is -2.25. The number of ether oxygens (including phenoxy) is 3. The van der Waals surface area contributed by atoms with Crippen LogP contribution in [0.5, 0.6) is 17.2 Å². The first-order valence-electron chi connectivity index (χ1n) is 6.29. The molecular formula is C15H9Cl3O4. The zero-order valence-electron chi connectivity index (χ0n) is 11.0. The van der Waals surface area contributed by atoms with Gasteiger partial charge in [-0.2, -0.15) is 0 Å². The van der Waals surface area contributed by atoms with E-state index < -0.39 is 12.1 Å². The summed E-state index contributed by atoms with van der Waals surface area (Å²) in [6.07, 6.45) is -0.905. The molecule has 4 nitrogen and oxygen atoms in total. The van der Waals surface area contributed by atoms with Gasteiger partial charge in [0.25, 0.3) is 0 Å². The average molecular weight is 360 g/mol. The summed E-state index contributed by atoms with van der Waals surface area (Å²) in [6.45, 7) is 0.0404. The van der Waals surface area contributed by atoms with Crippen LogP contribution in [0.4, 0.5) is 0 Å². The van der Waals surface area contributed by atoms with Gasteiger partial charge in [0.15, 0.2) is 17.2 Å². The van der Waals surface area contributed by atoms with Crippen LogP contribution >= 0.6 is 34.8 Å². The van der Waals surface area contributed by atoms with E-state index in [1.54, 1.807) is 18.2 Å². The van der Waals surface area contributed by atoms with Gasteiger partial charge in [-0.1, -0.05) is 46.9 Å². The molecule has 7 heteroatoms. The summed E-state index contributed by atoms with van der Waals surface area (Å²) in [5, 5.41) is 0.631. The zero-order chi connectivity index (χ0) is 15.7. The van der Waals surface area contributed by atoms with Gasteiger partial charge in [0, 0.05) is 5.02 Å². The third kappa shape index (κ3) is 3.09. The van der Waals surface area contributed by atoms with Crippen molar-refractivity contribution in [1.29, 1.82) is 0 Å². The van der Waals surface area contributed by atoms with Crippen LogP contribution in [0.15, 0.2) is 36.4 Å². The molecule has 0 bridgehead atoms. The first-order chi connectivity index (χ1) is 10.5. The van der Waals surface area contributed by atoms with Crippen molar-refractivity contribution in [2.75, 3.05) is 6.61 Å². The van der Waals surface area contributed by atoms with Crippen molar-refractivity contribution < 1.29 is 19.0 Å². The predicted octanol–water partition coefficient (Wildman–Crippen LogP) is 4.39. The van der Waals surface area contributed by atoms with E-state index in [-0.39, 0.29) is 22.4 Å². The number of esters is 1. The van der Waals surface area contributed by atoms with Crippen LogP contribution in [0.1, 0.15) is 0 Å². The highest BCUT2D eigenvalue weighted by atomic mass is 35.5. The SMILES string of the molecule is O=C(Oc1c(Cl)cc(Cl)cc1Cl)[C@@H]1COc2ccccc2O1. The number of para-hydroxylation sites is 2. The molecule has 3 rings (SSSR count). The number of hydrogen-bond donors (Lipinski definition) is 0. The van der Waals surface area contributed by atoms with Crippen molar-refractivity contribution in [3.63, 3.8) is 0 Å². The highest BCUT2D eigenvalue weighted by molar-refractivity contribution is 6.40. The Morgan fingerprint density at radius 1 is 1.09 bits per heavy atom. The monoisotopic (exact) mass is 358 g/mol. The Morgan fingerprint density at radius 2 is 1.73 bits per heavy atom. The van der Waals surface area contributed by atoms with E-state index in [1.807, 2.05) is 6.07 Å². The van der Waals surface area contributed by atoms with E-state index in [4.69, 9.17) is 49.0 Å². The van der Waals surface area contributed by atoms with E-state index in [2.05, 4.69) is 0 Å². The first-order valence-corrected chi connectivity index (χ1v) is 7.42. The second-order valence-corrected chi connectivity index (χ2v) is 5.73. The lowest BCUT2D eigenvalue weighted by molar-refractivity contribution is -0.144. The van der Waals surface area contributed by atoms with E-state index in [9.17, 15) is 4.79 Å². The lowest BCUT2D eigenvalue weighted by atomic mass is 10.2. The highest BCUT2D eigenvalue weighted by Gasteiger charge is 2.30. The fourth-order valence-corrected chi connectivity index (χ4v) is 2.82. The van der Waals surface area contributed by atoms with E-state index >= 15 is 0 Å². The Bertz CT molecular complexity index is 709. The van der Waals surface area contributed by atoms with Gasteiger partial charge < -0.3 is 14.2 Å².